The number of hydrogen-bond acceptors (Lipinski definition) is 4. The largest absolute Gasteiger partial charge is 0.383 e. The van der Waals surface area contributed by atoms with Crippen LogP contribution in [0.25, 0.3) is 11.0 Å². The van der Waals surface area contributed by atoms with Crippen molar-refractivity contribution in [2.45, 2.75) is 19.9 Å². The van der Waals surface area contributed by atoms with Crippen molar-refractivity contribution in [2.75, 3.05) is 25.2 Å². The van der Waals surface area contributed by atoms with Gasteiger partial charge in [-0.25, -0.2) is 0 Å². The first-order valence-electron chi connectivity index (χ1n) is 6.33. The minimum atomic E-state index is 0.297. The Labute approximate surface area is 121 Å². The van der Waals surface area contributed by atoms with Crippen LogP contribution in [0.4, 0.5) is 5.69 Å². The number of halogens is 1. The molecule has 0 aliphatic heterocycles. The van der Waals surface area contributed by atoms with Crippen LogP contribution in [0.2, 0.25) is 0 Å². The Balaban J connectivity index is 2.48. The van der Waals surface area contributed by atoms with E-state index in [-0.39, 0.29) is 0 Å². The Kier molecular flexibility index (Phi) is 4.71. The number of methoxy groups -OCH3 is 1. The van der Waals surface area contributed by atoms with Gasteiger partial charge in [-0.3, -0.25) is 9.97 Å². The Bertz CT molecular complexity index is 561. The lowest BCUT2D eigenvalue weighted by molar-refractivity contribution is 0.182. The molecule has 102 valence electrons. The van der Waals surface area contributed by atoms with Gasteiger partial charge in [0.1, 0.15) is 5.52 Å². The second kappa shape index (κ2) is 6.30. The summed E-state index contributed by atoms with van der Waals surface area (Å²) >= 11 is 3.43. The van der Waals surface area contributed by atoms with Gasteiger partial charge in [-0.2, -0.15) is 0 Å². The fourth-order valence-corrected chi connectivity index (χ4v) is 2.59. The number of rotatable bonds is 5. The molecule has 0 saturated heterocycles. The van der Waals surface area contributed by atoms with E-state index in [1.165, 1.54) is 0 Å². The first-order valence-corrected chi connectivity index (χ1v) is 7.12. The SMILES string of the molecule is CCN(c1ccnc2cc(Br)cnc12)C(C)COC. The molecule has 0 aromatic carbocycles. The molecule has 2 aromatic heterocycles. The van der Waals surface area contributed by atoms with E-state index in [9.17, 15) is 0 Å². The number of ether oxygens (including phenoxy) is 1. The van der Waals surface area contributed by atoms with Gasteiger partial charge in [0.05, 0.1) is 17.8 Å². The highest BCUT2D eigenvalue weighted by Crippen LogP contribution is 2.26. The average molecular weight is 324 g/mol. The second-order valence-corrected chi connectivity index (χ2v) is 5.36. The predicted octanol–water partition coefficient (Wildman–Crippen LogP) is 3.25. The van der Waals surface area contributed by atoms with Gasteiger partial charge in [0.2, 0.25) is 0 Å². The number of nitrogens with zero attached hydrogens (tertiary/aromatic N) is 3. The van der Waals surface area contributed by atoms with Gasteiger partial charge in [-0.15, -0.1) is 0 Å². The van der Waals surface area contributed by atoms with Gasteiger partial charge in [0.25, 0.3) is 0 Å². The fourth-order valence-electron chi connectivity index (χ4n) is 2.27. The van der Waals surface area contributed by atoms with Crippen molar-refractivity contribution in [3.05, 3.63) is 29.0 Å². The van der Waals surface area contributed by atoms with Gasteiger partial charge < -0.3 is 9.64 Å². The molecule has 5 heteroatoms. The highest BCUT2D eigenvalue weighted by Gasteiger charge is 2.16. The molecule has 1 unspecified atom stereocenters. The molecule has 0 saturated carbocycles. The van der Waals surface area contributed by atoms with Crippen molar-refractivity contribution < 1.29 is 4.74 Å². The third-order valence-corrected chi connectivity index (χ3v) is 3.55. The maximum atomic E-state index is 5.25. The van der Waals surface area contributed by atoms with E-state index >= 15 is 0 Å². The molecule has 0 fully saturated rings. The third-order valence-electron chi connectivity index (χ3n) is 3.11. The molecule has 0 amide bonds. The summed E-state index contributed by atoms with van der Waals surface area (Å²) in [5.41, 5.74) is 2.93. The van der Waals surface area contributed by atoms with Crippen LogP contribution in [0.1, 0.15) is 13.8 Å². The molecule has 2 aromatic rings. The van der Waals surface area contributed by atoms with Gasteiger partial charge >= 0.3 is 0 Å². The first kappa shape index (κ1) is 14.2. The molecule has 0 spiro atoms. The Morgan fingerprint density at radius 2 is 2.21 bits per heavy atom. The number of hydrogen-bond donors (Lipinski definition) is 0. The summed E-state index contributed by atoms with van der Waals surface area (Å²) < 4.78 is 6.20. The Morgan fingerprint density at radius 1 is 1.42 bits per heavy atom. The van der Waals surface area contributed by atoms with Crippen LogP contribution in [0, 0.1) is 0 Å². The van der Waals surface area contributed by atoms with E-state index in [1.807, 2.05) is 24.5 Å². The summed E-state index contributed by atoms with van der Waals surface area (Å²) in [6, 6.07) is 4.30. The highest BCUT2D eigenvalue weighted by atomic mass is 79.9. The summed E-state index contributed by atoms with van der Waals surface area (Å²) in [7, 11) is 1.73. The molecule has 2 heterocycles. The number of fused-ring (bicyclic) bond motifs is 1. The van der Waals surface area contributed by atoms with Crippen molar-refractivity contribution >= 4 is 32.7 Å². The topological polar surface area (TPSA) is 38.2 Å². The van der Waals surface area contributed by atoms with Crippen molar-refractivity contribution in [3.8, 4) is 0 Å². The normalized spacial score (nSPS) is 12.6. The molecule has 0 radical (unpaired) electrons. The third kappa shape index (κ3) is 3.04. The zero-order chi connectivity index (χ0) is 13.8. The average Bonchev–Trinajstić information content (AvgIpc) is 2.39. The molecule has 0 aliphatic rings. The molecule has 0 N–H and O–H groups in total. The van der Waals surface area contributed by atoms with Crippen LogP contribution in [0.5, 0.6) is 0 Å². The van der Waals surface area contributed by atoms with Crippen LogP contribution in [-0.2, 0) is 4.74 Å². The van der Waals surface area contributed by atoms with Crippen LogP contribution < -0.4 is 4.90 Å². The zero-order valence-electron chi connectivity index (χ0n) is 11.4. The van der Waals surface area contributed by atoms with E-state index in [1.54, 1.807) is 7.11 Å². The summed E-state index contributed by atoms with van der Waals surface area (Å²) in [4.78, 5) is 11.2. The lowest BCUT2D eigenvalue weighted by Gasteiger charge is -2.30. The first-order chi connectivity index (χ1) is 9.17. The number of anilines is 1. The van der Waals surface area contributed by atoms with E-state index < -0.39 is 0 Å². The van der Waals surface area contributed by atoms with E-state index in [0.717, 1.165) is 27.7 Å². The molecular formula is C14H18BrN3O. The monoisotopic (exact) mass is 323 g/mol. The van der Waals surface area contributed by atoms with Crippen molar-refractivity contribution in [3.63, 3.8) is 0 Å². The summed E-state index contributed by atoms with van der Waals surface area (Å²) in [6.07, 6.45) is 3.64. The van der Waals surface area contributed by atoms with Gasteiger partial charge in [0.15, 0.2) is 0 Å². The second-order valence-electron chi connectivity index (χ2n) is 4.44. The van der Waals surface area contributed by atoms with Gasteiger partial charge in [-0.05, 0) is 41.9 Å². The molecule has 19 heavy (non-hydrogen) atoms. The van der Waals surface area contributed by atoms with Crippen molar-refractivity contribution in [1.82, 2.24) is 9.97 Å². The quantitative estimate of drug-likeness (QED) is 0.846. The van der Waals surface area contributed by atoms with Crippen LogP contribution >= 0.6 is 15.9 Å². The summed E-state index contributed by atoms with van der Waals surface area (Å²) in [5.74, 6) is 0. The molecule has 0 aliphatic carbocycles. The van der Waals surface area contributed by atoms with E-state index in [2.05, 4.69) is 44.6 Å². The lowest BCUT2D eigenvalue weighted by Crippen LogP contribution is -2.36. The van der Waals surface area contributed by atoms with Crippen molar-refractivity contribution in [2.24, 2.45) is 0 Å². The number of pyridine rings is 2. The Hall–Kier alpha value is -1.20. The molecule has 4 nitrogen and oxygen atoms in total. The molecule has 2 rings (SSSR count). The van der Waals surface area contributed by atoms with E-state index in [4.69, 9.17) is 4.74 Å². The molecular weight excluding hydrogens is 306 g/mol. The zero-order valence-corrected chi connectivity index (χ0v) is 13.0. The molecule has 1 atom stereocenters. The lowest BCUT2D eigenvalue weighted by atomic mass is 10.2. The van der Waals surface area contributed by atoms with Crippen LogP contribution in [-0.4, -0.2) is 36.3 Å². The smallest absolute Gasteiger partial charge is 0.112 e. The van der Waals surface area contributed by atoms with Crippen LogP contribution in [0.3, 0.4) is 0 Å². The molecule has 0 bridgehead atoms. The standard InChI is InChI=1S/C14H18BrN3O/c1-4-18(10(2)9-19-3)13-5-6-16-12-7-11(15)8-17-14(12)13/h5-8,10H,4,9H2,1-3H3. The summed E-state index contributed by atoms with van der Waals surface area (Å²) in [5, 5.41) is 0. The number of likely N-dealkylation sites (N-methyl/N-ethyl adjacent to an activating group) is 1. The summed E-state index contributed by atoms with van der Waals surface area (Å²) in [6.45, 7) is 5.88. The Morgan fingerprint density at radius 3 is 2.89 bits per heavy atom. The maximum absolute atomic E-state index is 5.25. The maximum Gasteiger partial charge on any atom is 0.112 e. The van der Waals surface area contributed by atoms with Crippen molar-refractivity contribution in [1.29, 1.82) is 0 Å². The fraction of sp³-hybridized carbons (Fsp3) is 0.429. The van der Waals surface area contributed by atoms with Gasteiger partial charge in [-0.1, -0.05) is 0 Å². The number of aromatic nitrogens is 2. The minimum Gasteiger partial charge on any atom is -0.383 e. The highest BCUT2D eigenvalue weighted by molar-refractivity contribution is 9.10. The predicted molar refractivity (Wildman–Crippen MR) is 81.6 cm³/mol. The van der Waals surface area contributed by atoms with Crippen LogP contribution in [0.15, 0.2) is 29.0 Å². The minimum absolute atomic E-state index is 0.297. The van der Waals surface area contributed by atoms with E-state index in [0.29, 0.717) is 12.6 Å². The van der Waals surface area contributed by atoms with Gasteiger partial charge in [0, 0.05) is 36.6 Å².